The molecule has 0 bridgehead atoms. The average Bonchev–Trinajstić information content (AvgIpc) is 3.30. The molecule has 0 spiro atoms. The number of carbonyl (C=O) groups is 3. The maximum atomic E-state index is 12.8. The summed E-state index contributed by atoms with van der Waals surface area (Å²) in [5, 5.41) is 0. The quantitative estimate of drug-likeness (QED) is 0.0262. The lowest BCUT2D eigenvalue weighted by Gasteiger charge is -2.18. The van der Waals surface area contributed by atoms with E-state index in [1.807, 2.05) is 0 Å². The van der Waals surface area contributed by atoms with Crippen LogP contribution < -0.4 is 0 Å². The van der Waals surface area contributed by atoms with Gasteiger partial charge in [-0.05, 0) is 70.6 Å². The molecule has 0 fully saturated rings. The van der Waals surface area contributed by atoms with Gasteiger partial charge in [-0.25, -0.2) is 0 Å². The lowest BCUT2D eigenvalue weighted by molar-refractivity contribution is -0.167. The Bertz CT molecular complexity index is 1230. The number of hydrogen-bond donors (Lipinski definition) is 0. The molecule has 0 aliphatic carbocycles. The zero-order valence-electron chi connectivity index (χ0n) is 42.7. The molecule has 6 nitrogen and oxygen atoms in total. The molecule has 6 heteroatoms. The molecule has 0 saturated carbocycles. The minimum atomic E-state index is -0.781. The predicted octanol–water partition coefficient (Wildman–Crippen LogP) is 18.2. The molecule has 0 rings (SSSR count). The summed E-state index contributed by atoms with van der Waals surface area (Å²) < 4.78 is 16.8. The van der Waals surface area contributed by atoms with E-state index in [4.69, 9.17) is 14.2 Å². The van der Waals surface area contributed by atoms with E-state index in [2.05, 4.69) is 93.7 Å². The van der Waals surface area contributed by atoms with Crippen LogP contribution in [0.1, 0.15) is 265 Å². The summed E-state index contributed by atoms with van der Waals surface area (Å²) in [6, 6.07) is 0. The van der Waals surface area contributed by atoms with E-state index in [0.29, 0.717) is 19.3 Å². The van der Waals surface area contributed by atoms with Crippen LogP contribution in [0.5, 0.6) is 0 Å². The van der Waals surface area contributed by atoms with Gasteiger partial charge >= 0.3 is 17.9 Å². The van der Waals surface area contributed by atoms with E-state index >= 15 is 0 Å². The largest absolute Gasteiger partial charge is 0.462 e. The maximum Gasteiger partial charge on any atom is 0.306 e. The summed E-state index contributed by atoms with van der Waals surface area (Å²) >= 11 is 0. The highest BCUT2D eigenvalue weighted by molar-refractivity contribution is 5.71. The van der Waals surface area contributed by atoms with Crippen molar-refractivity contribution in [1.29, 1.82) is 0 Å². The first-order chi connectivity index (χ1) is 32.0. The van der Waals surface area contributed by atoms with Gasteiger partial charge in [-0.1, -0.05) is 248 Å². The highest BCUT2D eigenvalue weighted by Crippen LogP contribution is 2.15. The first kappa shape index (κ1) is 61.9. The van der Waals surface area contributed by atoms with Crippen LogP contribution in [0.3, 0.4) is 0 Å². The van der Waals surface area contributed by atoms with Crippen molar-refractivity contribution in [3.8, 4) is 0 Å². The lowest BCUT2D eigenvalue weighted by atomic mass is 10.0. The van der Waals surface area contributed by atoms with Crippen LogP contribution in [0.2, 0.25) is 0 Å². The Labute approximate surface area is 402 Å². The van der Waals surface area contributed by atoms with Crippen LogP contribution >= 0.6 is 0 Å². The number of hydrogen-bond acceptors (Lipinski definition) is 6. The smallest absolute Gasteiger partial charge is 0.306 e. The van der Waals surface area contributed by atoms with E-state index in [0.717, 1.165) is 109 Å². The SMILES string of the molecule is CC/C=C\C/C=C\C/C=C\C/C=C\C/C=C\C/C=C\CCCCCCC(=O)OCC(COC(=O)CCCCCCCCCCCCCC)OC(=O)CCCCCCCCCCCCCC. The molecule has 0 aliphatic rings. The molecular formula is C59H102O6. The zero-order chi connectivity index (χ0) is 47.2. The summed E-state index contributed by atoms with van der Waals surface area (Å²) in [4.78, 5) is 38.0. The van der Waals surface area contributed by atoms with Gasteiger partial charge < -0.3 is 14.2 Å². The van der Waals surface area contributed by atoms with Crippen LogP contribution in [-0.2, 0) is 28.6 Å². The third-order valence-electron chi connectivity index (χ3n) is 11.7. The van der Waals surface area contributed by atoms with Gasteiger partial charge in [0.15, 0.2) is 6.10 Å². The second kappa shape index (κ2) is 53.5. The number of esters is 3. The van der Waals surface area contributed by atoms with Crippen molar-refractivity contribution in [2.24, 2.45) is 0 Å². The molecule has 0 saturated heterocycles. The number of rotatable bonds is 49. The average molecular weight is 907 g/mol. The minimum absolute atomic E-state index is 0.0802. The van der Waals surface area contributed by atoms with Crippen LogP contribution in [0.25, 0.3) is 0 Å². The highest BCUT2D eigenvalue weighted by atomic mass is 16.6. The fourth-order valence-corrected chi connectivity index (χ4v) is 7.62. The molecular weight excluding hydrogens is 805 g/mol. The highest BCUT2D eigenvalue weighted by Gasteiger charge is 2.19. The van der Waals surface area contributed by atoms with Gasteiger partial charge in [0, 0.05) is 19.3 Å². The Morgan fingerprint density at radius 3 is 0.938 bits per heavy atom. The van der Waals surface area contributed by atoms with E-state index in [9.17, 15) is 14.4 Å². The van der Waals surface area contributed by atoms with Gasteiger partial charge in [0.05, 0.1) is 0 Å². The Hall–Kier alpha value is -3.15. The molecule has 1 unspecified atom stereocenters. The van der Waals surface area contributed by atoms with Crippen molar-refractivity contribution in [2.75, 3.05) is 13.2 Å². The monoisotopic (exact) mass is 907 g/mol. The molecule has 0 aromatic carbocycles. The molecule has 65 heavy (non-hydrogen) atoms. The van der Waals surface area contributed by atoms with Gasteiger partial charge in [0.1, 0.15) is 13.2 Å². The number of allylic oxidation sites excluding steroid dienone is 12. The van der Waals surface area contributed by atoms with Crippen LogP contribution in [0, 0.1) is 0 Å². The Morgan fingerprint density at radius 1 is 0.323 bits per heavy atom. The first-order valence-electron chi connectivity index (χ1n) is 27.4. The van der Waals surface area contributed by atoms with Crippen LogP contribution in [-0.4, -0.2) is 37.2 Å². The molecule has 0 aliphatic heterocycles. The Balaban J connectivity index is 4.35. The Kier molecular flexibility index (Phi) is 50.9. The van der Waals surface area contributed by atoms with Gasteiger partial charge in [-0.15, -0.1) is 0 Å². The predicted molar refractivity (Wildman–Crippen MR) is 279 cm³/mol. The fraction of sp³-hybridized carbons (Fsp3) is 0.746. The zero-order valence-corrected chi connectivity index (χ0v) is 42.7. The fourth-order valence-electron chi connectivity index (χ4n) is 7.62. The van der Waals surface area contributed by atoms with Crippen molar-refractivity contribution in [3.05, 3.63) is 72.9 Å². The van der Waals surface area contributed by atoms with E-state index in [1.54, 1.807) is 0 Å². The summed E-state index contributed by atoms with van der Waals surface area (Å²) in [7, 11) is 0. The number of ether oxygens (including phenoxy) is 3. The van der Waals surface area contributed by atoms with Gasteiger partial charge in [-0.2, -0.15) is 0 Å². The molecule has 0 aromatic rings. The van der Waals surface area contributed by atoms with E-state index < -0.39 is 6.10 Å². The topological polar surface area (TPSA) is 78.9 Å². The van der Waals surface area contributed by atoms with Crippen LogP contribution in [0.4, 0.5) is 0 Å². The van der Waals surface area contributed by atoms with Crippen molar-refractivity contribution in [3.63, 3.8) is 0 Å². The third kappa shape index (κ3) is 51.7. The normalized spacial score (nSPS) is 12.6. The minimum Gasteiger partial charge on any atom is -0.462 e. The van der Waals surface area contributed by atoms with E-state index in [-0.39, 0.29) is 31.1 Å². The van der Waals surface area contributed by atoms with Crippen molar-refractivity contribution < 1.29 is 28.6 Å². The molecule has 1 atom stereocenters. The standard InChI is InChI=1S/C59H102O6/c1-4-7-10-13-16-19-22-25-26-27-28-29-30-31-32-33-34-35-38-40-43-46-49-52-58(61)64-55-56(65-59(62)53-50-47-44-41-37-24-21-18-15-12-9-6-3)54-63-57(60)51-48-45-42-39-36-23-20-17-14-11-8-5-2/h7,10,16,19,25-26,28-29,31-32,34-35,56H,4-6,8-9,11-15,17-18,20-24,27,30,33,36-55H2,1-3H3/b10-7-,19-16-,26-25-,29-28-,32-31-,35-34-. The van der Waals surface area contributed by atoms with E-state index in [1.165, 1.54) is 116 Å². The Morgan fingerprint density at radius 2 is 0.600 bits per heavy atom. The molecule has 0 N–H and O–H groups in total. The first-order valence-corrected chi connectivity index (χ1v) is 27.4. The van der Waals surface area contributed by atoms with Crippen molar-refractivity contribution in [2.45, 2.75) is 271 Å². The second-order valence-corrected chi connectivity index (χ2v) is 18.1. The van der Waals surface area contributed by atoms with Gasteiger partial charge in [0.2, 0.25) is 0 Å². The summed E-state index contributed by atoms with van der Waals surface area (Å²) in [5.74, 6) is -0.900. The molecule has 0 amide bonds. The van der Waals surface area contributed by atoms with Crippen LogP contribution in [0.15, 0.2) is 72.9 Å². The third-order valence-corrected chi connectivity index (χ3v) is 11.7. The van der Waals surface area contributed by atoms with Crippen molar-refractivity contribution in [1.82, 2.24) is 0 Å². The summed E-state index contributed by atoms with van der Waals surface area (Å²) in [6.07, 6.45) is 67.4. The molecule has 0 radical (unpaired) electrons. The molecule has 374 valence electrons. The number of unbranched alkanes of at least 4 members (excludes halogenated alkanes) is 26. The second-order valence-electron chi connectivity index (χ2n) is 18.1. The maximum absolute atomic E-state index is 12.8. The van der Waals surface area contributed by atoms with Gasteiger partial charge in [-0.3, -0.25) is 14.4 Å². The van der Waals surface area contributed by atoms with Gasteiger partial charge in [0.25, 0.3) is 0 Å². The summed E-state index contributed by atoms with van der Waals surface area (Å²) in [5.41, 5.74) is 0. The summed E-state index contributed by atoms with van der Waals surface area (Å²) in [6.45, 7) is 6.51. The number of carbonyl (C=O) groups excluding carboxylic acids is 3. The molecule has 0 heterocycles. The lowest BCUT2D eigenvalue weighted by Crippen LogP contribution is -2.30. The van der Waals surface area contributed by atoms with Crippen molar-refractivity contribution >= 4 is 17.9 Å². The molecule has 0 aromatic heterocycles.